The molecule has 0 bridgehead atoms. The van der Waals surface area contributed by atoms with Crippen LogP contribution in [0.15, 0.2) is 29.0 Å². The van der Waals surface area contributed by atoms with Gasteiger partial charge >= 0.3 is 0 Å². The van der Waals surface area contributed by atoms with Crippen molar-refractivity contribution in [3.05, 3.63) is 34.6 Å². The molecule has 0 saturated heterocycles. The molecule has 0 aromatic carbocycles. The molecule has 0 atom stereocenters. The van der Waals surface area contributed by atoms with Crippen LogP contribution < -0.4 is 0 Å². The predicted octanol–water partition coefficient (Wildman–Crippen LogP) is 3.42. The van der Waals surface area contributed by atoms with Crippen molar-refractivity contribution in [2.45, 2.75) is 0 Å². The molecule has 0 aliphatic carbocycles. The van der Waals surface area contributed by atoms with Crippen LogP contribution >= 0.6 is 34.8 Å². The van der Waals surface area contributed by atoms with Crippen molar-refractivity contribution < 1.29 is 0 Å². The van der Waals surface area contributed by atoms with Gasteiger partial charge in [-0.3, -0.25) is 4.98 Å². The second-order valence-electron chi connectivity index (χ2n) is 1.82. The highest BCUT2D eigenvalue weighted by Gasteiger charge is 2.00. The van der Waals surface area contributed by atoms with Gasteiger partial charge in [0, 0.05) is 18.0 Å². The van der Waals surface area contributed by atoms with Gasteiger partial charge < -0.3 is 0 Å². The van der Waals surface area contributed by atoms with E-state index in [4.69, 9.17) is 34.8 Å². The first kappa shape index (κ1) is 8.85. The fourth-order valence-corrected chi connectivity index (χ4v) is 0.932. The molecule has 0 fully saturated rings. The maximum atomic E-state index is 5.72. The summed E-state index contributed by atoms with van der Waals surface area (Å²) in [6.45, 7) is 0. The van der Waals surface area contributed by atoms with Gasteiger partial charge in [0.15, 0.2) is 0 Å². The van der Waals surface area contributed by atoms with E-state index in [1.807, 2.05) is 0 Å². The molecule has 1 heterocycles. The standard InChI is InChI=1S/C7H4Cl3N/c8-6(7(9)10)5-2-1-3-11-4-5/h1-4H. The Balaban J connectivity index is 3.04. The molecular formula is C7H4Cl3N. The number of nitrogens with zero attached hydrogens (tertiary/aromatic N) is 1. The third-order valence-corrected chi connectivity index (χ3v) is 2.06. The predicted molar refractivity (Wildman–Crippen MR) is 48.7 cm³/mol. The Labute approximate surface area is 79.6 Å². The molecule has 0 radical (unpaired) electrons. The Morgan fingerprint density at radius 1 is 1.27 bits per heavy atom. The van der Waals surface area contributed by atoms with Gasteiger partial charge in [0.2, 0.25) is 0 Å². The molecule has 0 aliphatic rings. The molecule has 0 N–H and O–H groups in total. The second kappa shape index (κ2) is 3.96. The van der Waals surface area contributed by atoms with Crippen LogP contribution in [0.25, 0.3) is 5.03 Å². The van der Waals surface area contributed by atoms with Gasteiger partial charge in [-0.05, 0) is 6.07 Å². The van der Waals surface area contributed by atoms with Crippen molar-refractivity contribution in [3.63, 3.8) is 0 Å². The lowest BCUT2D eigenvalue weighted by atomic mass is 10.3. The summed E-state index contributed by atoms with van der Waals surface area (Å²) >= 11 is 16.6. The topological polar surface area (TPSA) is 12.9 Å². The second-order valence-corrected chi connectivity index (χ2v) is 3.14. The van der Waals surface area contributed by atoms with E-state index in [1.165, 1.54) is 0 Å². The summed E-state index contributed by atoms with van der Waals surface area (Å²) in [4.78, 5) is 3.85. The molecule has 58 valence electrons. The lowest BCUT2D eigenvalue weighted by molar-refractivity contribution is 1.32. The molecule has 0 unspecified atom stereocenters. The number of aromatic nitrogens is 1. The number of halogens is 3. The smallest absolute Gasteiger partial charge is 0.126 e. The minimum Gasteiger partial charge on any atom is -0.264 e. The van der Waals surface area contributed by atoms with E-state index in [2.05, 4.69) is 4.98 Å². The largest absolute Gasteiger partial charge is 0.264 e. The van der Waals surface area contributed by atoms with Crippen LogP contribution in [0.3, 0.4) is 0 Å². The minimum atomic E-state index is 0.0552. The molecule has 1 aromatic rings. The van der Waals surface area contributed by atoms with E-state index in [-0.39, 0.29) is 4.49 Å². The van der Waals surface area contributed by atoms with Crippen LogP contribution in [0.2, 0.25) is 0 Å². The highest BCUT2D eigenvalue weighted by molar-refractivity contribution is 6.66. The average Bonchev–Trinajstić information content (AvgIpc) is 2.05. The van der Waals surface area contributed by atoms with Crippen LogP contribution in [-0.4, -0.2) is 4.98 Å². The van der Waals surface area contributed by atoms with Crippen molar-refractivity contribution in [1.29, 1.82) is 0 Å². The fourth-order valence-electron chi connectivity index (χ4n) is 0.602. The van der Waals surface area contributed by atoms with E-state index in [0.717, 1.165) is 0 Å². The van der Waals surface area contributed by atoms with E-state index in [1.54, 1.807) is 24.5 Å². The van der Waals surface area contributed by atoms with E-state index in [0.29, 0.717) is 10.6 Å². The first-order valence-electron chi connectivity index (χ1n) is 2.83. The molecule has 0 saturated carbocycles. The monoisotopic (exact) mass is 207 g/mol. The normalized spacial score (nSPS) is 9.36. The zero-order valence-corrected chi connectivity index (χ0v) is 7.66. The van der Waals surface area contributed by atoms with Crippen molar-refractivity contribution in [2.24, 2.45) is 0 Å². The van der Waals surface area contributed by atoms with Crippen LogP contribution in [-0.2, 0) is 0 Å². The Morgan fingerprint density at radius 3 is 2.45 bits per heavy atom. The molecule has 0 aliphatic heterocycles. The molecule has 0 spiro atoms. The molecule has 11 heavy (non-hydrogen) atoms. The third kappa shape index (κ3) is 2.37. The lowest BCUT2D eigenvalue weighted by Crippen LogP contribution is -1.78. The molecular weight excluding hydrogens is 204 g/mol. The Hall–Kier alpha value is -0.240. The van der Waals surface area contributed by atoms with Gasteiger partial charge in [0.25, 0.3) is 0 Å². The summed E-state index contributed by atoms with van der Waals surface area (Å²) < 4.78 is 0.0552. The number of rotatable bonds is 1. The zero-order chi connectivity index (χ0) is 8.27. The summed E-state index contributed by atoms with van der Waals surface area (Å²) in [5.41, 5.74) is 0.717. The first-order chi connectivity index (χ1) is 5.22. The first-order valence-corrected chi connectivity index (χ1v) is 3.96. The van der Waals surface area contributed by atoms with E-state index >= 15 is 0 Å². The summed E-state index contributed by atoms with van der Waals surface area (Å²) in [6, 6.07) is 3.54. The number of hydrogen-bond acceptors (Lipinski definition) is 1. The highest BCUT2D eigenvalue weighted by Crippen LogP contribution is 2.26. The van der Waals surface area contributed by atoms with Gasteiger partial charge in [0.05, 0.1) is 5.03 Å². The van der Waals surface area contributed by atoms with E-state index < -0.39 is 0 Å². The van der Waals surface area contributed by atoms with Gasteiger partial charge in [0.1, 0.15) is 4.49 Å². The van der Waals surface area contributed by atoms with Crippen LogP contribution in [0, 0.1) is 0 Å². The van der Waals surface area contributed by atoms with Crippen molar-refractivity contribution in [3.8, 4) is 0 Å². The summed E-state index contributed by atoms with van der Waals surface area (Å²) in [6.07, 6.45) is 3.24. The summed E-state index contributed by atoms with van der Waals surface area (Å²) in [5, 5.41) is 0.321. The van der Waals surface area contributed by atoms with Crippen LogP contribution in [0.1, 0.15) is 5.56 Å². The van der Waals surface area contributed by atoms with Gasteiger partial charge in [-0.25, -0.2) is 0 Å². The molecule has 1 nitrogen and oxygen atoms in total. The zero-order valence-electron chi connectivity index (χ0n) is 5.39. The van der Waals surface area contributed by atoms with E-state index in [9.17, 15) is 0 Å². The van der Waals surface area contributed by atoms with Crippen molar-refractivity contribution in [1.82, 2.24) is 4.98 Å². The maximum absolute atomic E-state index is 5.72. The molecule has 1 aromatic heterocycles. The molecule has 0 amide bonds. The third-order valence-electron chi connectivity index (χ3n) is 1.08. The average molecular weight is 208 g/mol. The SMILES string of the molecule is ClC(Cl)=C(Cl)c1cccnc1. The van der Waals surface area contributed by atoms with Crippen LogP contribution in [0.4, 0.5) is 0 Å². The lowest BCUT2D eigenvalue weighted by Gasteiger charge is -1.96. The highest BCUT2D eigenvalue weighted by atomic mass is 35.5. The van der Waals surface area contributed by atoms with Gasteiger partial charge in [-0.1, -0.05) is 40.9 Å². The van der Waals surface area contributed by atoms with Crippen LogP contribution in [0.5, 0.6) is 0 Å². The van der Waals surface area contributed by atoms with Crippen molar-refractivity contribution in [2.75, 3.05) is 0 Å². The quantitative estimate of drug-likeness (QED) is 0.689. The summed E-state index contributed by atoms with van der Waals surface area (Å²) in [7, 11) is 0. The summed E-state index contributed by atoms with van der Waals surface area (Å²) in [5.74, 6) is 0. The Morgan fingerprint density at radius 2 is 2.00 bits per heavy atom. The van der Waals surface area contributed by atoms with Gasteiger partial charge in [-0.2, -0.15) is 0 Å². The molecule has 1 rings (SSSR count). The molecule has 4 heteroatoms. The fraction of sp³-hybridized carbons (Fsp3) is 0. The number of pyridine rings is 1. The maximum Gasteiger partial charge on any atom is 0.126 e. The minimum absolute atomic E-state index is 0.0552. The Kier molecular flexibility index (Phi) is 3.18. The Bertz CT molecular complexity index is 264. The number of hydrogen-bond donors (Lipinski definition) is 0. The van der Waals surface area contributed by atoms with Crippen molar-refractivity contribution >= 4 is 39.8 Å². The van der Waals surface area contributed by atoms with Gasteiger partial charge in [-0.15, -0.1) is 0 Å².